The third-order valence-electron chi connectivity index (χ3n) is 2.41. The topological polar surface area (TPSA) is 43.8 Å². The Bertz CT molecular complexity index is 465. The minimum atomic E-state index is -0.210. The lowest BCUT2D eigenvalue weighted by Crippen LogP contribution is -2.10. The molecule has 0 spiro atoms. The van der Waals surface area contributed by atoms with E-state index in [2.05, 4.69) is 4.98 Å². The van der Waals surface area contributed by atoms with Gasteiger partial charge in [-0.1, -0.05) is 12.1 Å². The van der Waals surface area contributed by atoms with Gasteiger partial charge in [0.05, 0.1) is 0 Å². The highest BCUT2D eigenvalue weighted by atomic mass is 19.1. The molecule has 1 heterocycles. The average molecular weight is 219 g/mol. The van der Waals surface area contributed by atoms with Gasteiger partial charge in [0.1, 0.15) is 11.6 Å². The summed E-state index contributed by atoms with van der Waals surface area (Å²) in [7, 11) is 0. The van der Waals surface area contributed by atoms with Crippen molar-refractivity contribution in [1.82, 2.24) is 9.55 Å². The summed E-state index contributed by atoms with van der Waals surface area (Å²) in [5.41, 5.74) is 6.42. The van der Waals surface area contributed by atoms with Crippen LogP contribution in [0.3, 0.4) is 0 Å². The summed E-state index contributed by atoms with van der Waals surface area (Å²) in [4.78, 5) is 4.21. The Morgan fingerprint density at radius 1 is 1.38 bits per heavy atom. The van der Waals surface area contributed by atoms with E-state index in [0.717, 1.165) is 17.8 Å². The Morgan fingerprint density at radius 3 is 3.00 bits per heavy atom. The molecular weight excluding hydrogens is 205 g/mol. The van der Waals surface area contributed by atoms with Gasteiger partial charge in [0.2, 0.25) is 0 Å². The van der Waals surface area contributed by atoms with Crippen molar-refractivity contribution in [3.05, 3.63) is 53.9 Å². The molecule has 2 aromatic rings. The maximum Gasteiger partial charge on any atom is 0.123 e. The molecule has 0 saturated carbocycles. The molecule has 0 aliphatic carbocycles. The summed E-state index contributed by atoms with van der Waals surface area (Å²) in [6.07, 6.45) is 4.36. The maximum absolute atomic E-state index is 13.0. The fourth-order valence-corrected chi connectivity index (χ4v) is 1.67. The van der Waals surface area contributed by atoms with E-state index < -0.39 is 0 Å². The maximum atomic E-state index is 13.0. The van der Waals surface area contributed by atoms with E-state index >= 15 is 0 Å². The molecule has 4 heteroatoms. The first-order valence-electron chi connectivity index (χ1n) is 5.24. The van der Waals surface area contributed by atoms with E-state index in [-0.39, 0.29) is 5.82 Å². The van der Waals surface area contributed by atoms with Crippen molar-refractivity contribution in [2.75, 3.05) is 6.54 Å². The predicted molar refractivity (Wildman–Crippen MR) is 60.5 cm³/mol. The number of halogens is 1. The highest BCUT2D eigenvalue weighted by Crippen LogP contribution is 2.08. The van der Waals surface area contributed by atoms with Gasteiger partial charge in [0.15, 0.2) is 0 Å². The molecular formula is C12H14FN3. The van der Waals surface area contributed by atoms with Crippen molar-refractivity contribution in [2.24, 2.45) is 5.73 Å². The molecule has 0 unspecified atom stereocenters. The van der Waals surface area contributed by atoms with E-state index in [0.29, 0.717) is 13.1 Å². The molecule has 0 aliphatic heterocycles. The zero-order chi connectivity index (χ0) is 11.4. The van der Waals surface area contributed by atoms with Gasteiger partial charge >= 0.3 is 0 Å². The smallest absolute Gasteiger partial charge is 0.123 e. The van der Waals surface area contributed by atoms with Gasteiger partial charge in [0.25, 0.3) is 0 Å². The van der Waals surface area contributed by atoms with Gasteiger partial charge < -0.3 is 10.3 Å². The summed E-state index contributed by atoms with van der Waals surface area (Å²) in [6, 6.07) is 6.59. The van der Waals surface area contributed by atoms with Gasteiger partial charge in [-0.15, -0.1) is 0 Å². The van der Waals surface area contributed by atoms with Gasteiger partial charge in [-0.2, -0.15) is 0 Å². The summed E-state index contributed by atoms with van der Waals surface area (Å²) >= 11 is 0. The molecule has 1 aromatic carbocycles. The second-order valence-corrected chi connectivity index (χ2v) is 3.64. The second-order valence-electron chi connectivity index (χ2n) is 3.64. The number of benzene rings is 1. The Hall–Kier alpha value is -1.68. The molecule has 2 rings (SSSR count). The van der Waals surface area contributed by atoms with E-state index in [4.69, 9.17) is 5.73 Å². The number of imidazole rings is 1. The van der Waals surface area contributed by atoms with Gasteiger partial charge in [-0.3, -0.25) is 0 Å². The van der Waals surface area contributed by atoms with Crippen LogP contribution in [0.4, 0.5) is 4.39 Å². The molecule has 2 N–H and O–H groups in total. The van der Waals surface area contributed by atoms with Crippen LogP contribution in [0.25, 0.3) is 0 Å². The molecule has 84 valence electrons. The summed E-state index contributed by atoms with van der Waals surface area (Å²) in [5.74, 6) is 0.727. The minimum absolute atomic E-state index is 0.210. The van der Waals surface area contributed by atoms with Crippen molar-refractivity contribution in [2.45, 2.75) is 13.0 Å². The van der Waals surface area contributed by atoms with E-state index in [1.54, 1.807) is 12.3 Å². The molecule has 0 atom stereocenters. The number of nitrogens with two attached hydrogens (primary N) is 1. The zero-order valence-corrected chi connectivity index (χ0v) is 8.94. The molecule has 0 radical (unpaired) electrons. The minimum Gasteiger partial charge on any atom is -0.330 e. The standard InChI is InChI=1S/C12H14FN3/c13-11-3-1-2-10(8-11)9-16-7-6-15-12(16)4-5-14/h1-3,6-8H,4-5,9,14H2. The quantitative estimate of drug-likeness (QED) is 0.848. The largest absolute Gasteiger partial charge is 0.330 e. The lowest BCUT2D eigenvalue weighted by Gasteiger charge is -2.07. The highest BCUT2D eigenvalue weighted by Gasteiger charge is 2.02. The third-order valence-corrected chi connectivity index (χ3v) is 2.41. The van der Waals surface area contributed by atoms with Crippen molar-refractivity contribution in [3.63, 3.8) is 0 Å². The van der Waals surface area contributed by atoms with Gasteiger partial charge in [-0.25, -0.2) is 9.37 Å². The number of hydrogen-bond donors (Lipinski definition) is 1. The van der Waals surface area contributed by atoms with Crippen LogP contribution in [-0.2, 0) is 13.0 Å². The normalized spacial score (nSPS) is 10.6. The highest BCUT2D eigenvalue weighted by molar-refractivity contribution is 5.17. The van der Waals surface area contributed by atoms with Crippen LogP contribution in [0.1, 0.15) is 11.4 Å². The van der Waals surface area contributed by atoms with Crippen molar-refractivity contribution >= 4 is 0 Å². The number of aromatic nitrogens is 2. The van der Waals surface area contributed by atoms with E-state index in [1.165, 1.54) is 12.1 Å². The lowest BCUT2D eigenvalue weighted by molar-refractivity contribution is 0.622. The Kier molecular flexibility index (Phi) is 3.31. The van der Waals surface area contributed by atoms with Crippen molar-refractivity contribution in [1.29, 1.82) is 0 Å². The van der Waals surface area contributed by atoms with E-state index in [9.17, 15) is 4.39 Å². The number of nitrogens with zero attached hydrogens (tertiary/aromatic N) is 2. The van der Waals surface area contributed by atoms with Crippen LogP contribution in [0.5, 0.6) is 0 Å². The first-order chi connectivity index (χ1) is 7.79. The SMILES string of the molecule is NCCc1nccn1Cc1cccc(F)c1. The average Bonchev–Trinajstić information content (AvgIpc) is 2.66. The fraction of sp³-hybridized carbons (Fsp3) is 0.250. The van der Waals surface area contributed by atoms with Gasteiger partial charge in [-0.05, 0) is 24.2 Å². The van der Waals surface area contributed by atoms with Crippen molar-refractivity contribution in [3.8, 4) is 0 Å². The summed E-state index contributed by atoms with van der Waals surface area (Å²) in [6.45, 7) is 1.20. The molecule has 1 aromatic heterocycles. The summed E-state index contributed by atoms with van der Waals surface area (Å²) in [5, 5.41) is 0. The van der Waals surface area contributed by atoms with Crippen LogP contribution >= 0.6 is 0 Å². The molecule has 0 aliphatic rings. The van der Waals surface area contributed by atoms with E-state index in [1.807, 2.05) is 16.8 Å². The predicted octanol–water partition coefficient (Wildman–Crippen LogP) is 1.57. The first kappa shape index (κ1) is 10.8. The number of rotatable bonds is 4. The Balaban J connectivity index is 2.17. The molecule has 0 amide bonds. The molecule has 16 heavy (non-hydrogen) atoms. The summed E-state index contributed by atoms with van der Waals surface area (Å²) < 4.78 is 15.0. The van der Waals surface area contributed by atoms with Crippen LogP contribution < -0.4 is 5.73 Å². The molecule has 0 bridgehead atoms. The van der Waals surface area contributed by atoms with Crippen molar-refractivity contribution < 1.29 is 4.39 Å². The van der Waals surface area contributed by atoms with Crippen LogP contribution in [0, 0.1) is 5.82 Å². The first-order valence-corrected chi connectivity index (χ1v) is 5.24. The van der Waals surface area contributed by atoms with Crippen LogP contribution in [-0.4, -0.2) is 16.1 Å². The second kappa shape index (κ2) is 4.90. The van der Waals surface area contributed by atoms with Gasteiger partial charge in [0, 0.05) is 25.4 Å². The monoisotopic (exact) mass is 219 g/mol. The fourth-order valence-electron chi connectivity index (χ4n) is 1.67. The van der Waals surface area contributed by atoms with Crippen LogP contribution in [0.2, 0.25) is 0 Å². The Labute approximate surface area is 93.7 Å². The van der Waals surface area contributed by atoms with Crippen LogP contribution in [0.15, 0.2) is 36.7 Å². The molecule has 0 saturated heterocycles. The lowest BCUT2D eigenvalue weighted by atomic mass is 10.2. The zero-order valence-electron chi connectivity index (χ0n) is 8.94. The molecule has 3 nitrogen and oxygen atoms in total. The number of hydrogen-bond acceptors (Lipinski definition) is 2. The third kappa shape index (κ3) is 2.46. The molecule has 0 fully saturated rings. The Morgan fingerprint density at radius 2 is 2.25 bits per heavy atom.